The van der Waals surface area contributed by atoms with Gasteiger partial charge in [-0.2, -0.15) is 8.42 Å². The number of nitrogens with two attached hydrogens (primary N) is 1. The van der Waals surface area contributed by atoms with Crippen molar-refractivity contribution in [1.82, 2.24) is 0 Å². The van der Waals surface area contributed by atoms with E-state index in [0.29, 0.717) is 12.8 Å². The first kappa shape index (κ1) is 16.9. The average molecular weight is 265 g/mol. The van der Waals surface area contributed by atoms with Crippen molar-refractivity contribution in [1.29, 1.82) is 0 Å². The van der Waals surface area contributed by atoms with Gasteiger partial charge in [-0.1, -0.05) is 45.4 Å². The Labute approximate surface area is 106 Å². The second kappa shape index (κ2) is 9.85. The third-order valence-electron chi connectivity index (χ3n) is 2.91. The van der Waals surface area contributed by atoms with E-state index < -0.39 is 10.1 Å². The van der Waals surface area contributed by atoms with Gasteiger partial charge >= 0.3 is 0 Å². The van der Waals surface area contributed by atoms with Crippen LogP contribution in [-0.2, 0) is 10.1 Å². The third-order valence-corrected chi connectivity index (χ3v) is 3.71. The molecular weight excluding hydrogens is 238 g/mol. The molecular formula is C12H27NO3S. The highest BCUT2D eigenvalue weighted by Gasteiger charge is 2.07. The minimum absolute atomic E-state index is 0.0722. The van der Waals surface area contributed by atoms with Gasteiger partial charge in [-0.15, -0.1) is 0 Å². The lowest BCUT2D eigenvalue weighted by Crippen LogP contribution is -2.20. The summed E-state index contributed by atoms with van der Waals surface area (Å²) >= 11 is 0. The van der Waals surface area contributed by atoms with Crippen molar-refractivity contribution >= 4 is 10.1 Å². The fourth-order valence-electron chi connectivity index (χ4n) is 1.86. The maximum Gasteiger partial charge on any atom is 0.264 e. The van der Waals surface area contributed by atoms with Crippen molar-refractivity contribution in [2.24, 2.45) is 5.73 Å². The molecule has 0 aliphatic rings. The summed E-state index contributed by atoms with van der Waals surface area (Å²) in [7, 11) is -3.81. The molecule has 1 atom stereocenters. The first-order chi connectivity index (χ1) is 7.95. The van der Waals surface area contributed by atoms with E-state index in [1.807, 2.05) is 0 Å². The van der Waals surface area contributed by atoms with Crippen LogP contribution < -0.4 is 5.73 Å². The maximum atomic E-state index is 10.5. The summed E-state index contributed by atoms with van der Waals surface area (Å²) in [5, 5.41) is 0. The molecule has 0 spiro atoms. The van der Waals surface area contributed by atoms with Gasteiger partial charge in [0.25, 0.3) is 10.1 Å². The molecule has 0 radical (unpaired) electrons. The van der Waals surface area contributed by atoms with E-state index in [-0.39, 0.29) is 11.8 Å². The summed E-state index contributed by atoms with van der Waals surface area (Å²) in [6.45, 7) is 2.20. The van der Waals surface area contributed by atoms with Crippen LogP contribution >= 0.6 is 0 Å². The Morgan fingerprint density at radius 3 is 2.12 bits per heavy atom. The molecule has 0 bridgehead atoms. The first-order valence-electron chi connectivity index (χ1n) is 6.66. The fraction of sp³-hybridized carbons (Fsp3) is 1.00. The molecule has 0 aromatic carbocycles. The van der Waals surface area contributed by atoms with Gasteiger partial charge in [-0.25, -0.2) is 0 Å². The molecule has 0 aliphatic heterocycles. The summed E-state index contributed by atoms with van der Waals surface area (Å²) < 4.78 is 29.5. The van der Waals surface area contributed by atoms with Gasteiger partial charge in [0.2, 0.25) is 0 Å². The molecule has 0 saturated heterocycles. The van der Waals surface area contributed by atoms with Crippen molar-refractivity contribution in [3.8, 4) is 0 Å². The molecule has 0 rings (SSSR count). The molecule has 5 heteroatoms. The third kappa shape index (κ3) is 13.8. The molecule has 0 saturated carbocycles. The van der Waals surface area contributed by atoms with Gasteiger partial charge in [-0.3, -0.25) is 4.55 Å². The van der Waals surface area contributed by atoms with Crippen LogP contribution in [0, 0.1) is 0 Å². The molecule has 104 valence electrons. The number of rotatable bonds is 11. The van der Waals surface area contributed by atoms with Crippen LogP contribution in [0.4, 0.5) is 0 Å². The zero-order valence-corrected chi connectivity index (χ0v) is 11.7. The molecule has 0 aromatic heterocycles. The van der Waals surface area contributed by atoms with Crippen LogP contribution in [-0.4, -0.2) is 24.8 Å². The van der Waals surface area contributed by atoms with Crippen LogP contribution in [0.1, 0.15) is 64.7 Å². The first-order valence-corrected chi connectivity index (χ1v) is 8.27. The highest BCUT2D eigenvalue weighted by molar-refractivity contribution is 7.85. The predicted molar refractivity (Wildman–Crippen MR) is 71.6 cm³/mol. The molecule has 0 fully saturated rings. The summed E-state index contributed by atoms with van der Waals surface area (Å²) in [5.41, 5.74) is 5.87. The standard InChI is InChI=1S/C12H27NO3S/c1-2-3-4-5-6-7-9-12(13)10-8-11-17(14,15)16/h12H,2-11,13H2,1H3,(H,14,15,16). The van der Waals surface area contributed by atoms with E-state index in [1.165, 1.54) is 32.1 Å². The number of hydrogen-bond donors (Lipinski definition) is 2. The Morgan fingerprint density at radius 1 is 1.00 bits per heavy atom. The summed E-state index contributed by atoms with van der Waals surface area (Å²) in [5.74, 6) is -0.169. The zero-order chi connectivity index (χ0) is 13.1. The zero-order valence-electron chi connectivity index (χ0n) is 10.9. The normalized spacial score (nSPS) is 13.8. The minimum atomic E-state index is -3.81. The molecule has 0 amide bonds. The highest BCUT2D eigenvalue weighted by Crippen LogP contribution is 2.10. The Kier molecular flexibility index (Phi) is 9.78. The van der Waals surface area contributed by atoms with Gasteiger partial charge in [0, 0.05) is 6.04 Å². The quantitative estimate of drug-likeness (QED) is 0.444. The van der Waals surface area contributed by atoms with E-state index in [9.17, 15) is 8.42 Å². The van der Waals surface area contributed by atoms with Gasteiger partial charge in [0.05, 0.1) is 5.75 Å². The molecule has 4 nitrogen and oxygen atoms in total. The smallest absolute Gasteiger partial charge is 0.264 e. The van der Waals surface area contributed by atoms with Crippen LogP contribution in [0.5, 0.6) is 0 Å². The van der Waals surface area contributed by atoms with E-state index >= 15 is 0 Å². The van der Waals surface area contributed by atoms with Gasteiger partial charge in [0.15, 0.2) is 0 Å². The van der Waals surface area contributed by atoms with E-state index in [4.69, 9.17) is 10.3 Å². The van der Waals surface area contributed by atoms with Gasteiger partial charge in [0.1, 0.15) is 0 Å². The van der Waals surface area contributed by atoms with Gasteiger partial charge in [-0.05, 0) is 19.3 Å². The molecule has 3 N–H and O–H groups in total. The van der Waals surface area contributed by atoms with Crippen molar-refractivity contribution in [2.45, 2.75) is 70.8 Å². The Bertz CT molecular complexity index is 265. The van der Waals surface area contributed by atoms with E-state index in [0.717, 1.165) is 12.8 Å². The molecule has 1 unspecified atom stereocenters. The van der Waals surface area contributed by atoms with Crippen LogP contribution in [0.25, 0.3) is 0 Å². The SMILES string of the molecule is CCCCCCCCC(N)CCCS(=O)(=O)O. The average Bonchev–Trinajstić information content (AvgIpc) is 2.21. The second-order valence-electron chi connectivity index (χ2n) is 4.74. The maximum absolute atomic E-state index is 10.5. The molecule has 0 aromatic rings. The van der Waals surface area contributed by atoms with Crippen LogP contribution in [0.15, 0.2) is 0 Å². The van der Waals surface area contributed by atoms with E-state index in [2.05, 4.69) is 6.92 Å². The highest BCUT2D eigenvalue weighted by atomic mass is 32.2. The van der Waals surface area contributed by atoms with Crippen LogP contribution in [0.3, 0.4) is 0 Å². The lowest BCUT2D eigenvalue weighted by atomic mass is 10.0. The number of hydrogen-bond acceptors (Lipinski definition) is 3. The lowest BCUT2D eigenvalue weighted by molar-refractivity contribution is 0.471. The largest absolute Gasteiger partial charge is 0.328 e. The summed E-state index contributed by atoms with van der Waals surface area (Å²) in [6.07, 6.45) is 9.56. The fourth-order valence-corrected chi connectivity index (χ4v) is 2.39. The number of unbranched alkanes of at least 4 members (excludes halogenated alkanes) is 5. The monoisotopic (exact) mass is 265 g/mol. The van der Waals surface area contributed by atoms with Crippen molar-refractivity contribution in [3.63, 3.8) is 0 Å². The van der Waals surface area contributed by atoms with Crippen LogP contribution in [0.2, 0.25) is 0 Å². The summed E-state index contributed by atoms with van der Waals surface area (Å²) in [4.78, 5) is 0. The molecule has 0 heterocycles. The summed E-state index contributed by atoms with van der Waals surface area (Å²) in [6, 6.07) is 0.0722. The topological polar surface area (TPSA) is 80.4 Å². The predicted octanol–water partition coefficient (Wildman–Crippen LogP) is 2.73. The Hall–Kier alpha value is -0.130. The second-order valence-corrected chi connectivity index (χ2v) is 6.32. The lowest BCUT2D eigenvalue weighted by Gasteiger charge is -2.10. The Morgan fingerprint density at radius 2 is 1.53 bits per heavy atom. The molecule has 0 aliphatic carbocycles. The van der Waals surface area contributed by atoms with Crippen molar-refractivity contribution in [2.75, 3.05) is 5.75 Å². The van der Waals surface area contributed by atoms with Crippen molar-refractivity contribution < 1.29 is 13.0 Å². The Balaban J connectivity index is 3.32. The van der Waals surface area contributed by atoms with E-state index in [1.54, 1.807) is 0 Å². The van der Waals surface area contributed by atoms with Gasteiger partial charge < -0.3 is 5.73 Å². The minimum Gasteiger partial charge on any atom is -0.328 e. The molecule has 17 heavy (non-hydrogen) atoms. The van der Waals surface area contributed by atoms with Crippen molar-refractivity contribution in [3.05, 3.63) is 0 Å².